The number of ether oxygens (including phenoxy) is 2. The van der Waals surface area contributed by atoms with Crippen LogP contribution in [0.1, 0.15) is 21.5 Å². The van der Waals surface area contributed by atoms with Gasteiger partial charge in [-0.1, -0.05) is 24.3 Å². The number of para-hydroxylation sites is 1. The van der Waals surface area contributed by atoms with Crippen LogP contribution in [0.3, 0.4) is 0 Å². The number of hydrogen-bond donors (Lipinski definition) is 2. The van der Waals surface area contributed by atoms with Crippen molar-refractivity contribution in [2.45, 2.75) is 13.5 Å². The van der Waals surface area contributed by atoms with E-state index in [1.54, 1.807) is 32.2 Å². The molecular formula is C18H20N2O4. The molecule has 0 aliphatic heterocycles. The summed E-state index contributed by atoms with van der Waals surface area (Å²) >= 11 is 0. The van der Waals surface area contributed by atoms with Gasteiger partial charge in [0, 0.05) is 12.2 Å². The molecule has 1 amide bonds. The Balaban J connectivity index is 1.84. The molecule has 0 unspecified atom stereocenters. The Kier molecular flexibility index (Phi) is 5.78. The SMILES string of the molecule is COc1cccc(CNC(=O)COC(=O)c2cccc(C)c2N)c1. The highest BCUT2D eigenvalue weighted by atomic mass is 16.5. The topological polar surface area (TPSA) is 90.6 Å². The van der Waals surface area contributed by atoms with Crippen LogP contribution in [0.4, 0.5) is 5.69 Å². The lowest BCUT2D eigenvalue weighted by atomic mass is 10.1. The Morgan fingerprint density at radius 1 is 1.17 bits per heavy atom. The summed E-state index contributed by atoms with van der Waals surface area (Å²) in [5.41, 5.74) is 8.13. The first-order chi connectivity index (χ1) is 11.5. The summed E-state index contributed by atoms with van der Waals surface area (Å²) in [6.45, 7) is 1.75. The van der Waals surface area contributed by atoms with Crippen LogP contribution >= 0.6 is 0 Å². The summed E-state index contributed by atoms with van der Waals surface area (Å²) in [7, 11) is 1.58. The van der Waals surface area contributed by atoms with Crippen LogP contribution in [0, 0.1) is 6.92 Å². The lowest BCUT2D eigenvalue weighted by Crippen LogP contribution is -2.28. The van der Waals surface area contributed by atoms with Gasteiger partial charge < -0.3 is 20.5 Å². The molecule has 0 radical (unpaired) electrons. The summed E-state index contributed by atoms with van der Waals surface area (Å²) in [6.07, 6.45) is 0. The number of nitrogens with one attached hydrogen (secondary N) is 1. The van der Waals surface area contributed by atoms with Gasteiger partial charge in [0.1, 0.15) is 5.75 Å². The largest absolute Gasteiger partial charge is 0.497 e. The first-order valence-corrected chi connectivity index (χ1v) is 7.43. The molecule has 2 aromatic carbocycles. The lowest BCUT2D eigenvalue weighted by molar-refractivity contribution is -0.124. The number of hydrogen-bond acceptors (Lipinski definition) is 5. The van der Waals surface area contributed by atoms with E-state index in [1.807, 2.05) is 24.3 Å². The van der Waals surface area contributed by atoms with Crippen LogP contribution in [0.5, 0.6) is 5.75 Å². The van der Waals surface area contributed by atoms with E-state index in [0.717, 1.165) is 11.1 Å². The summed E-state index contributed by atoms with van der Waals surface area (Å²) < 4.78 is 10.1. The number of benzene rings is 2. The third-order valence-corrected chi connectivity index (χ3v) is 3.50. The van der Waals surface area contributed by atoms with Crippen LogP contribution in [0.2, 0.25) is 0 Å². The number of nitrogen functional groups attached to an aromatic ring is 1. The van der Waals surface area contributed by atoms with Crippen LogP contribution in [0.15, 0.2) is 42.5 Å². The number of aryl methyl sites for hydroxylation is 1. The Morgan fingerprint density at radius 3 is 2.67 bits per heavy atom. The van der Waals surface area contributed by atoms with Crippen molar-refractivity contribution in [1.82, 2.24) is 5.32 Å². The lowest BCUT2D eigenvalue weighted by Gasteiger charge is -2.09. The van der Waals surface area contributed by atoms with E-state index >= 15 is 0 Å². The number of rotatable bonds is 6. The van der Waals surface area contributed by atoms with E-state index in [0.29, 0.717) is 18.0 Å². The molecule has 3 N–H and O–H groups in total. The normalized spacial score (nSPS) is 10.1. The first kappa shape index (κ1) is 17.3. The Bertz CT molecular complexity index is 744. The van der Waals surface area contributed by atoms with Crippen LogP contribution in [-0.4, -0.2) is 25.6 Å². The van der Waals surface area contributed by atoms with Crippen molar-refractivity contribution in [2.24, 2.45) is 0 Å². The number of esters is 1. The van der Waals surface area contributed by atoms with Crippen LogP contribution in [0.25, 0.3) is 0 Å². The summed E-state index contributed by atoms with van der Waals surface area (Å²) in [6, 6.07) is 12.4. The molecule has 24 heavy (non-hydrogen) atoms. The zero-order valence-corrected chi connectivity index (χ0v) is 13.7. The van der Waals surface area contributed by atoms with E-state index in [-0.39, 0.29) is 12.2 Å². The summed E-state index contributed by atoms with van der Waals surface area (Å²) in [4.78, 5) is 23.8. The van der Waals surface area contributed by atoms with E-state index in [9.17, 15) is 9.59 Å². The molecule has 0 fully saturated rings. The average Bonchev–Trinajstić information content (AvgIpc) is 2.60. The zero-order valence-electron chi connectivity index (χ0n) is 13.7. The van der Waals surface area contributed by atoms with E-state index < -0.39 is 11.9 Å². The van der Waals surface area contributed by atoms with Gasteiger partial charge in [0.2, 0.25) is 0 Å². The molecule has 0 saturated carbocycles. The molecule has 2 aromatic rings. The van der Waals surface area contributed by atoms with Crippen molar-refractivity contribution in [3.05, 3.63) is 59.2 Å². The zero-order chi connectivity index (χ0) is 17.5. The second kappa shape index (κ2) is 8.01. The molecule has 0 atom stereocenters. The number of carbonyl (C=O) groups excluding carboxylic acids is 2. The van der Waals surface area contributed by atoms with Gasteiger partial charge in [0.25, 0.3) is 5.91 Å². The monoisotopic (exact) mass is 328 g/mol. The maximum Gasteiger partial charge on any atom is 0.340 e. The standard InChI is InChI=1S/C18H20N2O4/c1-12-5-3-8-15(17(12)19)18(22)24-11-16(21)20-10-13-6-4-7-14(9-13)23-2/h3-9H,10-11,19H2,1-2H3,(H,20,21). The molecule has 6 heteroatoms. The van der Waals surface area contributed by atoms with Crippen LogP contribution < -0.4 is 15.8 Å². The molecule has 0 saturated heterocycles. The maximum atomic E-state index is 12.0. The van der Waals surface area contributed by atoms with Crippen molar-refractivity contribution >= 4 is 17.6 Å². The van der Waals surface area contributed by atoms with Gasteiger partial charge in [-0.2, -0.15) is 0 Å². The smallest absolute Gasteiger partial charge is 0.340 e. The fourth-order valence-corrected chi connectivity index (χ4v) is 2.10. The van der Waals surface area contributed by atoms with Crippen molar-refractivity contribution < 1.29 is 19.1 Å². The Morgan fingerprint density at radius 2 is 1.92 bits per heavy atom. The minimum Gasteiger partial charge on any atom is -0.497 e. The molecular weight excluding hydrogens is 308 g/mol. The van der Waals surface area contributed by atoms with E-state index in [2.05, 4.69) is 5.32 Å². The minimum atomic E-state index is -0.618. The van der Waals surface area contributed by atoms with Gasteiger partial charge in [-0.05, 0) is 36.2 Å². The average molecular weight is 328 g/mol. The summed E-state index contributed by atoms with van der Waals surface area (Å²) in [5, 5.41) is 2.68. The molecule has 0 bridgehead atoms. The van der Waals surface area contributed by atoms with Gasteiger partial charge in [0.05, 0.1) is 12.7 Å². The number of methoxy groups -OCH3 is 1. The second-order valence-corrected chi connectivity index (χ2v) is 5.24. The molecule has 2 rings (SSSR count). The number of carbonyl (C=O) groups is 2. The number of anilines is 1. The van der Waals surface area contributed by atoms with Crippen molar-refractivity contribution in [2.75, 3.05) is 19.5 Å². The quantitative estimate of drug-likeness (QED) is 0.626. The molecule has 0 aromatic heterocycles. The first-order valence-electron chi connectivity index (χ1n) is 7.43. The number of amides is 1. The second-order valence-electron chi connectivity index (χ2n) is 5.24. The highest BCUT2D eigenvalue weighted by Crippen LogP contribution is 2.17. The molecule has 0 aliphatic carbocycles. The predicted molar refractivity (Wildman–Crippen MR) is 90.7 cm³/mol. The van der Waals surface area contributed by atoms with Gasteiger partial charge >= 0.3 is 5.97 Å². The minimum absolute atomic E-state index is 0.260. The predicted octanol–water partition coefficient (Wildman–Crippen LogP) is 2.06. The van der Waals surface area contributed by atoms with Gasteiger partial charge in [0.15, 0.2) is 6.61 Å². The fourth-order valence-electron chi connectivity index (χ4n) is 2.10. The molecule has 0 heterocycles. The van der Waals surface area contributed by atoms with Crippen molar-refractivity contribution in [3.63, 3.8) is 0 Å². The molecule has 0 spiro atoms. The Labute approximate surface area is 140 Å². The van der Waals surface area contributed by atoms with Gasteiger partial charge in [-0.25, -0.2) is 4.79 Å². The maximum absolute atomic E-state index is 12.0. The summed E-state index contributed by atoms with van der Waals surface area (Å²) in [5.74, 6) is -0.298. The van der Waals surface area contributed by atoms with Crippen LogP contribution in [-0.2, 0) is 16.1 Å². The number of nitrogens with two attached hydrogens (primary N) is 1. The van der Waals surface area contributed by atoms with Gasteiger partial charge in [-0.15, -0.1) is 0 Å². The van der Waals surface area contributed by atoms with E-state index in [4.69, 9.17) is 15.2 Å². The third-order valence-electron chi connectivity index (χ3n) is 3.50. The van der Waals surface area contributed by atoms with Crippen molar-refractivity contribution in [3.8, 4) is 5.75 Å². The highest BCUT2D eigenvalue weighted by Gasteiger charge is 2.14. The molecule has 126 valence electrons. The Hall–Kier alpha value is -3.02. The molecule has 6 nitrogen and oxygen atoms in total. The highest BCUT2D eigenvalue weighted by molar-refractivity contribution is 5.96. The fraction of sp³-hybridized carbons (Fsp3) is 0.222. The molecule has 0 aliphatic rings. The van der Waals surface area contributed by atoms with Gasteiger partial charge in [-0.3, -0.25) is 4.79 Å². The third kappa shape index (κ3) is 4.49. The van der Waals surface area contributed by atoms with E-state index in [1.165, 1.54) is 0 Å². The van der Waals surface area contributed by atoms with Crippen molar-refractivity contribution in [1.29, 1.82) is 0 Å².